The van der Waals surface area contributed by atoms with E-state index in [4.69, 9.17) is 10.7 Å². The molecule has 0 spiro atoms. The van der Waals surface area contributed by atoms with Gasteiger partial charge in [0.25, 0.3) is 0 Å². The molecule has 0 amide bonds. The smallest absolute Gasteiger partial charge is 0.134 e. The average Bonchev–Trinajstić information content (AvgIpc) is 3.13. The molecule has 1 aromatic rings. The predicted octanol–water partition coefficient (Wildman–Crippen LogP) is 3.23. The number of aromatic nitrogens is 2. The molecule has 2 fully saturated rings. The van der Waals surface area contributed by atoms with Gasteiger partial charge in [-0.1, -0.05) is 19.8 Å². The number of hydrogen-bond donors (Lipinski definition) is 1. The van der Waals surface area contributed by atoms with E-state index < -0.39 is 0 Å². The molecule has 0 atom stereocenters. The van der Waals surface area contributed by atoms with Crippen LogP contribution in [0.25, 0.3) is 0 Å². The lowest BCUT2D eigenvalue weighted by molar-refractivity contribution is 0.339. The summed E-state index contributed by atoms with van der Waals surface area (Å²) in [6.45, 7) is 2.34. The first-order valence-electron chi connectivity index (χ1n) is 6.86. The van der Waals surface area contributed by atoms with E-state index in [1.165, 1.54) is 44.2 Å². The summed E-state index contributed by atoms with van der Waals surface area (Å²) >= 11 is 0. The number of nitrogens with two attached hydrogens (primary N) is 1. The van der Waals surface area contributed by atoms with Crippen LogP contribution in [0.15, 0.2) is 6.07 Å². The highest BCUT2D eigenvalue weighted by atomic mass is 15.0. The highest BCUT2D eigenvalue weighted by Gasteiger charge is 2.28. The molecule has 0 radical (unpaired) electrons. The van der Waals surface area contributed by atoms with Gasteiger partial charge in [0.1, 0.15) is 11.6 Å². The normalized spacial score (nSPS) is 29.2. The molecule has 0 saturated heterocycles. The highest BCUT2D eigenvalue weighted by Crippen LogP contribution is 2.41. The van der Waals surface area contributed by atoms with Crippen molar-refractivity contribution in [3.63, 3.8) is 0 Å². The Morgan fingerprint density at radius 2 is 1.65 bits per heavy atom. The molecule has 0 bridgehead atoms. The van der Waals surface area contributed by atoms with Gasteiger partial charge in [-0.3, -0.25) is 0 Å². The van der Waals surface area contributed by atoms with Crippen molar-refractivity contribution in [2.75, 3.05) is 5.73 Å². The Morgan fingerprint density at radius 3 is 2.29 bits per heavy atom. The van der Waals surface area contributed by atoms with Gasteiger partial charge in [-0.25, -0.2) is 9.97 Å². The van der Waals surface area contributed by atoms with E-state index >= 15 is 0 Å². The molecule has 2 saturated carbocycles. The molecule has 2 aliphatic carbocycles. The van der Waals surface area contributed by atoms with E-state index in [9.17, 15) is 0 Å². The fourth-order valence-corrected chi connectivity index (χ4v) is 2.79. The van der Waals surface area contributed by atoms with Crippen LogP contribution < -0.4 is 5.73 Å². The molecule has 0 aliphatic heterocycles. The summed E-state index contributed by atoms with van der Waals surface area (Å²) in [5.74, 6) is 3.76. The van der Waals surface area contributed by atoms with E-state index in [0.29, 0.717) is 17.7 Å². The lowest BCUT2D eigenvalue weighted by Crippen LogP contribution is -2.15. The van der Waals surface area contributed by atoms with Gasteiger partial charge >= 0.3 is 0 Å². The minimum absolute atomic E-state index is 0.548. The van der Waals surface area contributed by atoms with Gasteiger partial charge in [0.15, 0.2) is 0 Å². The fourth-order valence-electron chi connectivity index (χ4n) is 2.79. The van der Waals surface area contributed by atoms with E-state index in [1.54, 1.807) is 0 Å². The second kappa shape index (κ2) is 4.28. The molecule has 2 N–H and O–H groups in total. The maximum absolute atomic E-state index is 5.91. The summed E-state index contributed by atoms with van der Waals surface area (Å²) in [7, 11) is 0. The second-order valence-corrected chi connectivity index (χ2v) is 5.81. The van der Waals surface area contributed by atoms with Gasteiger partial charge in [-0.15, -0.1) is 0 Å². The number of rotatable bonds is 2. The van der Waals surface area contributed by atoms with Crippen molar-refractivity contribution in [2.24, 2.45) is 5.92 Å². The molecule has 1 heterocycles. The zero-order chi connectivity index (χ0) is 11.8. The zero-order valence-corrected chi connectivity index (χ0v) is 10.5. The van der Waals surface area contributed by atoms with Crippen LogP contribution >= 0.6 is 0 Å². The number of hydrogen-bond acceptors (Lipinski definition) is 3. The van der Waals surface area contributed by atoms with Crippen molar-refractivity contribution < 1.29 is 0 Å². The van der Waals surface area contributed by atoms with Crippen LogP contribution in [0.4, 0.5) is 5.82 Å². The van der Waals surface area contributed by atoms with E-state index in [-0.39, 0.29) is 0 Å². The van der Waals surface area contributed by atoms with Gasteiger partial charge in [-0.2, -0.15) is 0 Å². The molecule has 92 valence electrons. The Balaban J connectivity index is 1.81. The monoisotopic (exact) mass is 231 g/mol. The molecular weight excluding hydrogens is 210 g/mol. The maximum atomic E-state index is 5.91. The third kappa shape index (κ3) is 2.43. The molecule has 2 aliphatic rings. The highest BCUT2D eigenvalue weighted by molar-refractivity contribution is 5.33. The molecule has 0 aromatic carbocycles. The van der Waals surface area contributed by atoms with Gasteiger partial charge in [-0.05, 0) is 31.6 Å². The van der Waals surface area contributed by atoms with Crippen LogP contribution in [-0.4, -0.2) is 9.97 Å². The summed E-state index contributed by atoms with van der Waals surface area (Å²) in [4.78, 5) is 9.21. The van der Waals surface area contributed by atoms with Crippen molar-refractivity contribution in [1.82, 2.24) is 9.97 Å². The summed E-state index contributed by atoms with van der Waals surface area (Å²) in [6, 6.07) is 1.96. The first-order valence-corrected chi connectivity index (χ1v) is 6.86. The first-order chi connectivity index (χ1) is 8.22. The van der Waals surface area contributed by atoms with Crippen molar-refractivity contribution in [2.45, 2.75) is 57.3 Å². The van der Waals surface area contributed by atoms with Gasteiger partial charge < -0.3 is 5.73 Å². The van der Waals surface area contributed by atoms with Crippen molar-refractivity contribution in [1.29, 1.82) is 0 Å². The Bertz CT molecular complexity index is 404. The predicted molar refractivity (Wildman–Crippen MR) is 68.8 cm³/mol. The molecule has 3 rings (SSSR count). The largest absolute Gasteiger partial charge is 0.384 e. The standard InChI is InChI=1S/C14H21N3/c1-9-2-4-11(5-3-9)14-16-12(10-6-7-10)8-13(15)17-14/h8-11H,2-7H2,1H3,(H2,15,16,17). The van der Waals surface area contributed by atoms with Crippen molar-refractivity contribution in [3.05, 3.63) is 17.6 Å². The fraction of sp³-hybridized carbons (Fsp3) is 0.714. The molecule has 17 heavy (non-hydrogen) atoms. The van der Waals surface area contributed by atoms with Gasteiger partial charge in [0, 0.05) is 23.6 Å². The molecule has 3 nitrogen and oxygen atoms in total. The van der Waals surface area contributed by atoms with Crippen LogP contribution in [0, 0.1) is 5.92 Å². The summed E-state index contributed by atoms with van der Waals surface area (Å²) in [5.41, 5.74) is 7.09. The quantitative estimate of drug-likeness (QED) is 0.850. The topological polar surface area (TPSA) is 51.8 Å². The minimum atomic E-state index is 0.548. The Kier molecular flexibility index (Phi) is 2.77. The van der Waals surface area contributed by atoms with Crippen LogP contribution in [0.2, 0.25) is 0 Å². The van der Waals surface area contributed by atoms with Crippen LogP contribution in [0.3, 0.4) is 0 Å². The Morgan fingerprint density at radius 1 is 1.00 bits per heavy atom. The summed E-state index contributed by atoms with van der Waals surface area (Å²) in [5, 5.41) is 0. The SMILES string of the molecule is CC1CCC(c2nc(N)cc(C3CC3)n2)CC1. The number of nitrogen functional groups attached to an aromatic ring is 1. The van der Waals surface area contributed by atoms with Crippen molar-refractivity contribution >= 4 is 5.82 Å². The third-order valence-electron chi connectivity index (χ3n) is 4.16. The lowest BCUT2D eigenvalue weighted by Gasteiger charge is -2.25. The molecule has 3 heteroatoms. The molecular formula is C14H21N3. The number of nitrogens with zero attached hydrogens (tertiary/aromatic N) is 2. The lowest BCUT2D eigenvalue weighted by atomic mass is 9.82. The second-order valence-electron chi connectivity index (χ2n) is 5.81. The summed E-state index contributed by atoms with van der Waals surface area (Å²) in [6.07, 6.45) is 7.63. The van der Waals surface area contributed by atoms with E-state index in [0.717, 1.165) is 11.7 Å². The van der Waals surface area contributed by atoms with Crippen molar-refractivity contribution in [3.8, 4) is 0 Å². The van der Waals surface area contributed by atoms with Gasteiger partial charge in [0.2, 0.25) is 0 Å². The van der Waals surface area contributed by atoms with Crippen LogP contribution in [0.1, 0.15) is 68.8 Å². The minimum Gasteiger partial charge on any atom is -0.384 e. The first kappa shape index (κ1) is 11.0. The number of anilines is 1. The van der Waals surface area contributed by atoms with Gasteiger partial charge in [0.05, 0.1) is 0 Å². The maximum Gasteiger partial charge on any atom is 0.134 e. The zero-order valence-electron chi connectivity index (χ0n) is 10.5. The Hall–Kier alpha value is -1.12. The van der Waals surface area contributed by atoms with Crippen LogP contribution in [-0.2, 0) is 0 Å². The third-order valence-corrected chi connectivity index (χ3v) is 4.16. The van der Waals surface area contributed by atoms with Crippen LogP contribution in [0.5, 0.6) is 0 Å². The summed E-state index contributed by atoms with van der Waals surface area (Å²) < 4.78 is 0. The Labute approximate surface area is 103 Å². The molecule has 0 unspecified atom stereocenters. The van der Waals surface area contributed by atoms with E-state index in [2.05, 4.69) is 11.9 Å². The average molecular weight is 231 g/mol. The van der Waals surface area contributed by atoms with E-state index in [1.807, 2.05) is 6.07 Å². The molecule has 1 aromatic heterocycles.